The lowest BCUT2D eigenvalue weighted by atomic mass is 10.2. The topological polar surface area (TPSA) is 59.9 Å². The van der Waals surface area contributed by atoms with Gasteiger partial charge in [-0.3, -0.25) is 4.79 Å². The van der Waals surface area contributed by atoms with E-state index < -0.39 is 17.5 Å². The average molecular weight is 396 g/mol. The summed E-state index contributed by atoms with van der Waals surface area (Å²) in [5.74, 6) is -0.895. The molecule has 29 heavy (non-hydrogen) atoms. The first kappa shape index (κ1) is 20.0. The first-order valence-electron chi connectivity index (χ1n) is 8.81. The molecule has 0 saturated carbocycles. The third-order valence-electron chi connectivity index (χ3n) is 3.82. The van der Waals surface area contributed by atoms with Crippen molar-refractivity contribution >= 4 is 12.1 Å². The van der Waals surface area contributed by atoms with E-state index >= 15 is 0 Å². The molecule has 0 saturated heterocycles. The molecule has 0 radical (unpaired) electrons. The number of benzene rings is 3. The van der Waals surface area contributed by atoms with Crippen LogP contribution in [0.5, 0.6) is 11.5 Å². The van der Waals surface area contributed by atoms with Crippen LogP contribution in [0.3, 0.4) is 0 Å². The number of ether oxygens (including phenoxy) is 2. The van der Waals surface area contributed by atoms with E-state index in [1.165, 1.54) is 6.07 Å². The number of halogens is 2. The van der Waals surface area contributed by atoms with Gasteiger partial charge in [-0.05, 0) is 36.4 Å². The highest BCUT2D eigenvalue weighted by Gasteiger charge is 2.11. The van der Waals surface area contributed by atoms with Gasteiger partial charge in [0.25, 0.3) is 5.91 Å². The maximum absolute atomic E-state index is 13.6. The van der Waals surface area contributed by atoms with Gasteiger partial charge in [-0.15, -0.1) is 0 Å². The van der Waals surface area contributed by atoms with Crippen molar-refractivity contribution in [3.05, 3.63) is 95.6 Å². The Hall–Kier alpha value is -3.74. The Morgan fingerprint density at radius 3 is 2.45 bits per heavy atom. The average Bonchev–Trinajstić information content (AvgIpc) is 2.74. The standard InChI is InChI=1S/C22H18F2N2O3/c23-17-11-10-16(20(24)14-17)15-25-26-22(27)19-8-4-5-9-21(19)29-13-12-28-18-6-2-1-3-7-18/h1-11,14-15H,12-13H2,(H,26,27)/b25-15-. The summed E-state index contributed by atoms with van der Waals surface area (Å²) in [5.41, 5.74) is 2.62. The number of nitrogens with zero attached hydrogens (tertiary/aromatic N) is 1. The summed E-state index contributed by atoms with van der Waals surface area (Å²) in [6.45, 7) is 0.547. The smallest absolute Gasteiger partial charge is 0.275 e. The number of para-hydroxylation sites is 2. The van der Waals surface area contributed by atoms with E-state index in [0.717, 1.165) is 24.1 Å². The van der Waals surface area contributed by atoms with Gasteiger partial charge in [0.2, 0.25) is 0 Å². The fourth-order valence-electron chi connectivity index (χ4n) is 2.43. The second-order valence-corrected chi connectivity index (χ2v) is 5.87. The summed E-state index contributed by atoms with van der Waals surface area (Å²) >= 11 is 0. The van der Waals surface area contributed by atoms with E-state index in [1.54, 1.807) is 24.3 Å². The third kappa shape index (κ3) is 5.87. The summed E-state index contributed by atoms with van der Waals surface area (Å²) in [5, 5.41) is 3.72. The minimum absolute atomic E-state index is 0.0503. The number of hydrogen-bond donors (Lipinski definition) is 1. The molecule has 0 bridgehead atoms. The van der Waals surface area contributed by atoms with Crippen molar-refractivity contribution < 1.29 is 23.0 Å². The molecular weight excluding hydrogens is 378 g/mol. The SMILES string of the molecule is O=C(N/N=C\c1ccc(F)cc1F)c1ccccc1OCCOc1ccccc1. The van der Waals surface area contributed by atoms with Gasteiger partial charge in [0.15, 0.2) is 0 Å². The molecule has 0 aliphatic carbocycles. The Kier molecular flexibility index (Phi) is 6.89. The van der Waals surface area contributed by atoms with Crippen molar-refractivity contribution in [2.75, 3.05) is 13.2 Å². The van der Waals surface area contributed by atoms with Gasteiger partial charge in [-0.2, -0.15) is 5.10 Å². The van der Waals surface area contributed by atoms with Crippen molar-refractivity contribution in [1.82, 2.24) is 5.43 Å². The fourth-order valence-corrected chi connectivity index (χ4v) is 2.43. The van der Waals surface area contributed by atoms with Crippen LogP contribution in [-0.2, 0) is 0 Å². The predicted octanol–water partition coefficient (Wildman–Crippen LogP) is 4.19. The lowest BCUT2D eigenvalue weighted by Gasteiger charge is -2.11. The molecule has 0 spiro atoms. The number of rotatable bonds is 8. The molecule has 3 aromatic rings. The third-order valence-corrected chi connectivity index (χ3v) is 3.82. The van der Waals surface area contributed by atoms with Crippen LogP contribution in [0.1, 0.15) is 15.9 Å². The molecule has 148 valence electrons. The Balaban J connectivity index is 1.56. The number of hydrogen-bond acceptors (Lipinski definition) is 4. The summed E-state index contributed by atoms with van der Waals surface area (Å²) in [6.07, 6.45) is 1.10. The second-order valence-electron chi connectivity index (χ2n) is 5.87. The normalized spacial score (nSPS) is 10.7. The van der Waals surface area contributed by atoms with E-state index in [9.17, 15) is 13.6 Å². The fraction of sp³-hybridized carbons (Fsp3) is 0.0909. The number of nitrogens with one attached hydrogen (secondary N) is 1. The van der Waals surface area contributed by atoms with Crippen molar-refractivity contribution in [2.24, 2.45) is 5.10 Å². The predicted molar refractivity (Wildman–Crippen MR) is 105 cm³/mol. The molecule has 7 heteroatoms. The molecule has 0 unspecified atom stereocenters. The van der Waals surface area contributed by atoms with Crippen molar-refractivity contribution in [2.45, 2.75) is 0 Å². The Labute approximate surface area is 166 Å². The van der Waals surface area contributed by atoms with Crippen molar-refractivity contribution in [3.8, 4) is 11.5 Å². The lowest BCUT2D eigenvalue weighted by Crippen LogP contribution is -2.19. The molecule has 3 rings (SSSR count). The molecule has 0 aliphatic rings. The maximum atomic E-state index is 13.6. The number of hydrazone groups is 1. The van der Waals surface area contributed by atoms with Gasteiger partial charge in [-0.1, -0.05) is 30.3 Å². The number of carbonyl (C=O) groups is 1. The molecule has 1 amide bonds. The van der Waals surface area contributed by atoms with Gasteiger partial charge in [-0.25, -0.2) is 14.2 Å². The summed E-state index contributed by atoms with van der Waals surface area (Å²) in [4.78, 5) is 12.4. The van der Waals surface area contributed by atoms with Crippen LogP contribution in [0.15, 0.2) is 77.9 Å². The van der Waals surface area contributed by atoms with Crippen LogP contribution >= 0.6 is 0 Å². The zero-order valence-electron chi connectivity index (χ0n) is 15.3. The molecule has 0 fully saturated rings. The highest BCUT2D eigenvalue weighted by molar-refractivity contribution is 5.97. The first-order valence-corrected chi connectivity index (χ1v) is 8.81. The zero-order valence-corrected chi connectivity index (χ0v) is 15.3. The zero-order chi connectivity index (χ0) is 20.5. The minimum Gasteiger partial charge on any atom is -0.490 e. The molecule has 3 aromatic carbocycles. The Morgan fingerprint density at radius 1 is 0.931 bits per heavy atom. The van der Waals surface area contributed by atoms with E-state index in [0.29, 0.717) is 12.4 Å². The molecule has 5 nitrogen and oxygen atoms in total. The van der Waals surface area contributed by atoms with Gasteiger partial charge >= 0.3 is 0 Å². The number of amides is 1. The van der Waals surface area contributed by atoms with E-state index in [4.69, 9.17) is 9.47 Å². The maximum Gasteiger partial charge on any atom is 0.275 e. The quantitative estimate of drug-likeness (QED) is 0.353. The van der Waals surface area contributed by atoms with E-state index in [-0.39, 0.29) is 17.7 Å². The summed E-state index contributed by atoms with van der Waals surface area (Å²) in [7, 11) is 0. The summed E-state index contributed by atoms with van der Waals surface area (Å²) in [6, 6.07) is 19.0. The van der Waals surface area contributed by atoms with Crippen LogP contribution in [-0.4, -0.2) is 25.3 Å². The van der Waals surface area contributed by atoms with Gasteiger partial charge in [0, 0.05) is 11.6 Å². The van der Waals surface area contributed by atoms with Crippen LogP contribution in [0.2, 0.25) is 0 Å². The molecular formula is C22H18F2N2O3. The lowest BCUT2D eigenvalue weighted by molar-refractivity contribution is 0.0950. The van der Waals surface area contributed by atoms with Crippen LogP contribution < -0.4 is 14.9 Å². The highest BCUT2D eigenvalue weighted by atomic mass is 19.1. The van der Waals surface area contributed by atoms with Crippen molar-refractivity contribution in [3.63, 3.8) is 0 Å². The minimum atomic E-state index is -0.773. The van der Waals surface area contributed by atoms with Gasteiger partial charge in [0.1, 0.15) is 36.3 Å². The van der Waals surface area contributed by atoms with Crippen LogP contribution in [0.4, 0.5) is 8.78 Å². The highest BCUT2D eigenvalue weighted by Crippen LogP contribution is 2.18. The molecule has 0 aliphatic heterocycles. The van der Waals surface area contributed by atoms with Crippen LogP contribution in [0, 0.1) is 11.6 Å². The Bertz CT molecular complexity index is 994. The van der Waals surface area contributed by atoms with E-state index in [2.05, 4.69) is 10.5 Å². The molecule has 0 aromatic heterocycles. The number of carbonyl (C=O) groups excluding carboxylic acids is 1. The van der Waals surface area contributed by atoms with Crippen molar-refractivity contribution in [1.29, 1.82) is 0 Å². The second kappa shape index (κ2) is 9.98. The monoisotopic (exact) mass is 396 g/mol. The van der Waals surface area contributed by atoms with E-state index in [1.807, 2.05) is 30.3 Å². The first-order chi connectivity index (χ1) is 14.1. The van der Waals surface area contributed by atoms with Crippen LogP contribution in [0.25, 0.3) is 0 Å². The molecule has 0 heterocycles. The van der Waals surface area contributed by atoms with Gasteiger partial charge < -0.3 is 9.47 Å². The summed E-state index contributed by atoms with van der Waals surface area (Å²) < 4.78 is 37.7. The largest absolute Gasteiger partial charge is 0.490 e. The molecule has 0 atom stereocenters. The molecule has 1 N–H and O–H groups in total. The van der Waals surface area contributed by atoms with Gasteiger partial charge in [0.05, 0.1) is 11.8 Å². The Morgan fingerprint density at radius 2 is 1.66 bits per heavy atom.